The van der Waals surface area contributed by atoms with Gasteiger partial charge in [0.25, 0.3) is 0 Å². The summed E-state index contributed by atoms with van der Waals surface area (Å²) in [6.07, 6.45) is 5.12. The highest BCUT2D eigenvalue weighted by atomic mass is 16.3. The van der Waals surface area contributed by atoms with Gasteiger partial charge in [0.1, 0.15) is 23.1 Å². The Labute approximate surface area is 115 Å². The zero-order valence-corrected chi connectivity index (χ0v) is 10.7. The number of nitriles is 1. The van der Waals surface area contributed by atoms with Crippen molar-refractivity contribution in [1.29, 1.82) is 5.26 Å². The van der Waals surface area contributed by atoms with Crippen LogP contribution in [0, 0.1) is 11.3 Å². The lowest BCUT2D eigenvalue weighted by Crippen LogP contribution is -2.08. The molecule has 0 saturated heterocycles. The number of rotatable bonds is 2. The number of furan rings is 1. The van der Waals surface area contributed by atoms with Gasteiger partial charge in [0.2, 0.25) is 0 Å². The van der Waals surface area contributed by atoms with Crippen molar-refractivity contribution in [2.75, 3.05) is 0 Å². The third-order valence-corrected chi connectivity index (χ3v) is 3.80. The zero-order valence-electron chi connectivity index (χ0n) is 10.7. The summed E-state index contributed by atoms with van der Waals surface area (Å²) >= 11 is 0. The molecule has 4 nitrogen and oxygen atoms in total. The summed E-state index contributed by atoms with van der Waals surface area (Å²) in [5.74, 6) is 0.628. The first-order valence-corrected chi connectivity index (χ1v) is 6.54. The lowest BCUT2D eigenvalue weighted by atomic mass is 10.1. The number of nitrogens with zero attached hydrogens (tertiary/aromatic N) is 3. The largest absolute Gasteiger partial charge is 0.464 e. The molecule has 0 atom stereocenters. The topological polar surface area (TPSA) is 62.7 Å². The minimum Gasteiger partial charge on any atom is -0.464 e. The molecule has 0 aliphatic heterocycles. The fraction of sp³-hybridized carbons (Fsp3) is 0.188. The Hall–Kier alpha value is -2.67. The van der Waals surface area contributed by atoms with Gasteiger partial charge in [-0.2, -0.15) is 5.26 Å². The minimum atomic E-state index is -0.463. The van der Waals surface area contributed by atoms with Crippen LogP contribution in [-0.4, -0.2) is 9.97 Å². The molecular weight excluding hydrogens is 250 g/mol. The van der Waals surface area contributed by atoms with E-state index in [1.54, 1.807) is 12.5 Å². The molecule has 2 aromatic heterocycles. The first-order chi connectivity index (χ1) is 9.82. The van der Waals surface area contributed by atoms with Crippen molar-refractivity contribution in [2.24, 2.45) is 0 Å². The van der Waals surface area contributed by atoms with Crippen LogP contribution in [0.1, 0.15) is 18.7 Å². The van der Waals surface area contributed by atoms with E-state index in [0.717, 1.165) is 35.1 Å². The summed E-state index contributed by atoms with van der Waals surface area (Å²) in [6.45, 7) is 0. The van der Waals surface area contributed by atoms with Crippen LogP contribution >= 0.6 is 0 Å². The van der Waals surface area contributed by atoms with Gasteiger partial charge >= 0.3 is 0 Å². The Morgan fingerprint density at radius 2 is 2.05 bits per heavy atom. The molecule has 0 N–H and O–H groups in total. The molecule has 3 aromatic rings. The van der Waals surface area contributed by atoms with E-state index in [0.29, 0.717) is 5.82 Å². The van der Waals surface area contributed by atoms with Crippen molar-refractivity contribution >= 4 is 11.0 Å². The van der Waals surface area contributed by atoms with E-state index in [4.69, 9.17) is 4.42 Å². The Kier molecular flexibility index (Phi) is 2.19. The molecule has 4 rings (SSSR count). The minimum absolute atomic E-state index is 0.463. The third-order valence-electron chi connectivity index (χ3n) is 3.80. The maximum Gasteiger partial charge on any atom is 0.149 e. The van der Waals surface area contributed by atoms with Crippen molar-refractivity contribution < 1.29 is 4.42 Å². The molecule has 1 fully saturated rings. The second kappa shape index (κ2) is 3.91. The Morgan fingerprint density at radius 1 is 1.20 bits per heavy atom. The average molecular weight is 261 g/mol. The fourth-order valence-electron chi connectivity index (χ4n) is 2.43. The molecule has 0 amide bonds. The van der Waals surface area contributed by atoms with E-state index in [9.17, 15) is 5.26 Å². The molecule has 0 bridgehead atoms. The van der Waals surface area contributed by atoms with E-state index in [1.807, 2.05) is 30.3 Å². The normalized spacial score (nSPS) is 15.9. The number of hydrogen-bond donors (Lipinski definition) is 0. The van der Waals surface area contributed by atoms with Crippen molar-refractivity contribution in [3.8, 4) is 17.3 Å². The lowest BCUT2D eigenvalue weighted by Gasteiger charge is -2.05. The van der Waals surface area contributed by atoms with E-state index in [-0.39, 0.29) is 0 Å². The zero-order chi connectivity index (χ0) is 13.6. The second-order valence-corrected chi connectivity index (χ2v) is 5.10. The highest BCUT2D eigenvalue weighted by Gasteiger charge is 2.48. The number of benzene rings is 1. The molecule has 1 aliphatic carbocycles. The molecule has 20 heavy (non-hydrogen) atoms. The fourth-order valence-corrected chi connectivity index (χ4v) is 2.43. The number of aromatic nitrogens is 2. The summed E-state index contributed by atoms with van der Waals surface area (Å²) in [5, 5.41) is 10.3. The van der Waals surface area contributed by atoms with Crippen LogP contribution in [0.2, 0.25) is 0 Å². The molecular formula is C16H11N3O. The van der Waals surface area contributed by atoms with Crippen LogP contribution in [0.25, 0.3) is 22.2 Å². The van der Waals surface area contributed by atoms with Gasteiger partial charge in [-0.25, -0.2) is 9.97 Å². The SMILES string of the molecule is N#CC1(c2nccc(-c3coc4ccccc34)n2)CC1. The first kappa shape index (κ1) is 11.2. The Balaban J connectivity index is 1.87. The quantitative estimate of drug-likeness (QED) is 0.708. The van der Waals surface area contributed by atoms with Gasteiger partial charge in [0.15, 0.2) is 0 Å². The van der Waals surface area contributed by atoms with Gasteiger partial charge < -0.3 is 4.42 Å². The standard InChI is InChI=1S/C16H11N3O/c17-10-16(6-7-16)15-18-8-5-13(19-15)12-9-20-14-4-2-1-3-11(12)14/h1-5,8-9H,6-7H2. The molecule has 0 spiro atoms. The van der Waals surface area contributed by atoms with Crippen LogP contribution in [0.4, 0.5) is 0 Å². The molecule has 0 unspecified atom stereocenters. The molecule has 1 aromatic carbocycles. The molecule has 2 heterocycles. The maximum absolute atomic E-state index is 9.25. The highest BCUT2D eigenvalue weighted by molar-refractivity contribution is 5.92. The summed E-state index contributed by atoms with van der Waals surface area (Å²) in [4.78, 5) is 8.85. The predicted octanol–water partition coefficient (Wildman–Crippen LogP) is 3.44. The summed E-state index contributed by atoms with van der Waals surface area (Å²) in [5.41, 5.74) is 2.12. The second-order valence-electron chi connectivity index (χ2n) is 5.10. The van der Waals surface area contributed by atoms with Gasteiger partial charge in [-0.05, 0) is 25.0 Å². The van der Waals surface area contributed by atoms with E-state index < -0.39 is 5.41 Å². The molecule has 0 radical (unpaired) electrons. The Bertz CT molecular complexity index is 840. The van der Waals surface area contributed by atoms with Gasteiger partial charge in [0.05, 0.1) is 11.8 Å². The predicted molar refractivity (Wildman–Crippen MR) is 73.8 cm³/mol. The van der Waals surface area contributed by atoms with Crippen LogP contribution < -0.4 is 0 Å². The summed E-state index contributed by atoms with van der Waals surface area (Å²) in [6, 6.07) is 12.0. The van der Waals surface area contributed by atoms with Crippen molar-refractivity contribution in [3.05, 3.63) is 48.6 Å². The van der Waals surface area contributed by atoms with Gasteiger partial charge in [0, 0.05) is 17.1 Å². The van der Waals surface area contributed by atoms with Crippen LogP contribution in [0.3, 0.4) is 0 Å². The van der Waals surface area contributed by atoms with Crippen molar-refractivity contribution in [1.82, 2.24) is 9.97 Å². The number of fused-ring (bicyclic) bond motifs is 1. The van der Waals surface area contributed by atoms with Crippen molar-refractivity contribution in [2.45, 2.75) is 18.3 Å². The number of para-hydroxylation sites is 1. The smallest absolute Gasteiger partial charge is 0.149 e. The van der Waals surface area contributed by atoms with Crippen LogP contribution in [0.15, 0.2) is 47.2 Å². The van der Waals surface area contributed by atoms with E-state index >= 15 is 0 Å². The third kappa shape index (κ3) is 1.53. The highest BCUT2D eigenvalue weighted by Crippen LogP contribution is 2.46. The molecule has 4 heteroatoms. The lowest BCUT2D eigenvalue weighted by molar-refractivity contribution is 0.616. The van der Waals surface area contributed by atoms with E-state index in [1.165, 1.54) is 0 Å². The summed E-state index contributed by atoms with van der Waals surface area (Å²) in [7, 11) is 0. The van der Waals surface area contributed by atoms with Gasteiger partial charge in [-0.15, -0.1) is 0 Å². The van der Waals surface area contributed by atoms with Gasteiger partial charge in [-0.1, -0.05) is 18.2 Å². The Morgan fingerprint density at radius 3 is 2.85 bits per heavy atom. The monoisotopic (exact) mass is 261 g/mol. The molecule has 96 valence electrons. The van der Waals surface area contributed by atoms with Crippen molar-refractivity contribution in [3.63, 3.8) is 0 Å². The molecule has 1 saturated carbocycles. The van der Waals surface area contributed by atoms with Crippen LogP contribution in [0.5, 0.6) is 0 Å². The first-order valence-electron chi connectivity index (χ1n) is 6.54. The van der Waals surface area contributed by atoms with Crippen LogP contribution in [-0.2, 0) is 5.41 Å². The van der Waals surface area contributed by atoms with Gasteiger partial charge in [-0.3, -0.25) is 0 Å². The average Bonchev–Trinajstić information content (AvgIpc) is 3.20. The van der Waals surface area contributed by atoms with E-state index in [2.05, 4.69) is 16.0 Å². The summed E-state index contributed by atoms with van der Waals surface area (Å²) < 4.78 is 5.55. The molecule has 1 aliphatic rings. The maximum atomic E-state index is 9.25. The number of hydrogen-bond acceptors (Lipinski definition) is 4.